The van der Waals surface area contributed by atoms with Gasteiger partial charge in [-0.15, -0.1) is 0 Å². The van der Waals surface area contributed by atoms with Gasteiger partial charge in [0.2, 0.25) is 6.10 Å². The zero-order valence-electron chi connectivity index (χ0n) is 8.57. The van der Waals surface area contributed by atoms with Gasteiger partial charge in [0.25, 0.3) is 5.91 Å². The lowest BCUT2D eigenvalue weighted by atomic mass is 9.94. The molecule has 2 atom stereocenters. The Morgan fingerprint density at radius 2 is 2.00 bits per heavy atom. The highest BCUT2D eigenvalue weighted by molar-refractivity contribution is 9.10. The third-order valence-corrected chi connectivity index (χ3v) is 2.91. The molecule has 0 aromatic heterocycles. The summed E-state index contributed by atoms with van der Waals surface area (Å²) in [6.45, 7) is 1.30. The first-order valence-corrected chi connectivity index (χ1v) is 5.60. The molecule has 0 radical (unpaired) electrons. The van der Waals surface area contributed by atoms with Gasteiger partial charge in [-0.1, -0.05) is 28.1 Å². The van der Waals surface area contributed by atoms with Gasteiger partial charge in [-0.05, 0) is 17.7 Å². The van der Waals surface area contributed by atoms with Crippen molar-refractivity contribution < 1.29 is 14.3 Å². The zero-order chi connectivity index (χ0) is 11.7. The summed E-state index contributed by atoms with van der Waals surface area (Å²) in [5, 5.41) is 2.70. The Morgan fingerprint density at radius 3 is 2.50 bits per heavy atom. The van der Waals surface area contributed by atoms with Crippen molar-refractivity contribution in [3.05, 3.63) is 34.3 Å². The Bertz CT molecular complexity index is 429. The molecule has 1 fully saturated rings. The average molecular weight is 284 g/mol. The average Bonchev–Trinajstić information content (AvgIpc) is 2.24. The Labute approximate surface area is 101 Å². The van der Waals surface area contributed by atoms with E-state index in [0.717, 1.165) is 10.0 Å². The number of carbonyl (C=O) groups is 2. The minimum Gasteiger partial charge on any atom is -0.450 e. The number of benzene rings is 1. The third kappa shape index (κ3) is 2.09. The van der Waals surface area contributed by atoms with E-state index in [1.165, 1.54) is 6.92 Å². The number of halogens is 1. The summed E-state index contributed by atoms with van der Waals surface area (Å²) in [6.07, 6.45) is -0.696. The van der Waals surface area contributed by atoms with Crippen molar-refractivity contribution in [3.8, 4) is 0 Å². The quantitative estimate of drug-likeness (QED) is 0.662. The molecule has 0 saturated carbocycles. The summed E-state index contributed by atoms with van der Waals surface area (Å²) in [4.78, 5) is 22.0. The molecule has 1 amide bonds. The molecule has 0 unspecified atom stereocenters. The van der Waals surface area contributed by atoms with Crippen LogP contribution in [-0.2, 0) is 14.3 Å². The molecular formula is C11H10BrNO3. The fourth-order valence-corrected chi connectivity index (χ4v) is 1.86. The van der Waals surface area contributed by atoms with Crippen LogP contribution in [0.3, 0.4) is 0 Å². The van der Waals surface area contributed by atoms with Crippen molar-refractivity contribution >= 4 is 27.8 Å². The third-order valence-electron chi connectivity index (χ3n) is 2.38. The Kier molecular flexibility index (Phi) is 2.96. The standard InChI is InChI=1S/C11H10BrNO3/c1-6(14)16-10-9(13-11(10)15)7-2-4-8(12)5-3-7/h2-5,9-10H,1H3,(H,13,15)/t9-,10+/m1/s1. The lowest BCUT2D eigenvalue weighted by Crippen LogP contribution is -2.57. The Morgan fingerprint density at radius 1 is 1.38 bits per heavy atom. The van der Waals surface area contributed by atoms with Gasteiger partial charge < -0.3 is 10.1 Å². The summed E-state index contributed by atoms with van der Waals surface area (Å²) < 4.78 is 5.90. The van der Waals surface area contributed by atoms with E-state index >= 15 is 0 Å². The SMILES string of the molecule is CC(=O)O[C@@H]1C(=O)N[C@@H]1c1ccc(Br)cc1. The van der Waals surface area contributed by atoms with Gasteiger partial charge in [-0.25, -0.2) is 0 Å². The van der Waals surface area contributed by atoms with Crippen LogP contribution in [0.4, 0.5) is 0 Å². The number of esters is 1. The highest BCUT2D eigenvalue weighted by Gasteiger charge is 2.42. The van der Waals surface area contributed by atoms with E-state index in [4.69, 9.17) is 4.74 Å². The van der Waals surface area contributed by atoms with Gasteiger partial charge >= 0.3 is 5.97 Å². The monoisotopic (exact) mass is 283 g/mol. The van der Waals surface area contributed by atoms with Crippen LogP contribution < -0.4 is 5.32 Å². The topological polar surface area (TPSA) is 55.4 Å². The number of nitrogens with one attached hydrogen (secondary N) is 1. The maximum Gasteiger partial charge on any atom is 0.303 e. The largest absolute Gasteiger partial charge is 0.450 e. The maximum absolute atomic E-state index is 11.2. The zero-order valence-corrected chi connectivity index (χ0v) is 10.2. The number of ether oxygens (including phenoxy) is 1. The number of hydrogen-bond donors (Lipinski definition) is 1. The second-order valence-corrected chi connectivity index (χ2v) is 4.48. The molecular weight excluding hydrogens is 274 g/mol. The number of hydrogen-bond acceptors (Lipinski definition) is 3. The number of carbonyl (C=O) groups excluding carboxylic acids is 2. The highest BCUT2D eigenvalue weighted by Crippen LogP contribution is 2.28. The molecule has 0 spiro atoms. The van der Waals surface area contributed by atoms with Gasteiger partial charge in [0, 0.05) is 11.4 Å². The Balaban J connectivity index is 2.13. The number of β-lactam (4-membered cyclic amide) rings is 1. The molecule has 1 aliphatic rings. The highest BCUT2D eigenvalue weighted by atomic mass is 79.9. The molecule has 84 valence electrons. The van der Waals surface area contributed by atoms with Gasteiger partial charge in [0.15, 0.2) is 0 Å². The van der Waals surface area contributed by atoms with E-state index in [0.29, 0.717) is 0 Å². The molecule has 5 heteroatoms. The molecule has 16 heavy (non-hydrogen) atoms. The van der Waals surface area contributed by atoms with Crippen molar-refractivity contribution in [2.75, 3.05) is 0 Å². The van der Waals surface area contributed by atoms with Crippen molar-refractivity contribution in [3.63, 3.8) is 0 Å². The summed E-state index contributed by atoms with van der Waals surface area (Å²) >= 11 is 3.33. The molecule has 1 aromatic carbocycles. The van der Waals surface area contributed by atoms with Crippen LogP contribution in [0.25, 0.3) is 0 Å². The van der Waals surface area contributed by atoms with Crippen LogP contribution in [0.5, 0.6) is 0 Å². The normalized spacial score (nSPS) is 23.2. The summed E-state index contributed by atoms with van der Waals surface area (Å²) in [6, 6.07) is 7.29. The van der Waals surface area contributed by atoms with E-state index < -0.39 is 12.1 Å². The molecule has 2 rings (SSSR count). The van der Waals surface area contributed by atoms with Crippen LogP contribution in [0.1, 0.15) is 18.5 Å². The van der Waals surface area contributed by atoms with Gasteiger partial charge in [-0.3, -0.25) is 9.59 Å². The summed E-state index contributed by atoms with van der Waals surface area (Å²) in [5.74, 6) is -0.690. The fraction of sp³-hybridized carbons (Fsp3) is 0.273. The molecule has 4 nitrogen and oxygen atoms in total. The number of amides is 1. The van der Waals surface area contributed by atoms with E-state index in [-0.39, 0.29) is 11.9 Å². The molecule has 0 aliphatic carbocycles. The van der Waals surface area contributed by atoms with Crippen molar-refractivity contribution in [2.45, 2.75) is 19.1 Å². The van der Waals surface area contributed by atoms with Crippen LogP contribution in [0, 0.1) is 0 Å². The maximum atomic E-state index is 11.2. The molecule has 1 aromatic rings. The van der Waals surface area contributed by atoms with E-state index in [1.807, 2.05) is 24.3 Å². The minimum absolute atomic E-state index is 0.232. The van der Waals surface area contributed by atoms with Gasteiger partial charge in [0.1, 0.15) is 6.04 Å². The first-order chi connectivity index (χ1) is 7.58. The number of rotatable bonds is 2. The van der Waals surface area contributed by atoms with Crippen LogP contribution in [0.15, 0.2) is 28.7 Å². The lowest BCUT2D eigenvalue weighted by Gasteiger charge is -2.35. The van der Waals surface area contributed by atoms with Crippen LogP contribution in [0.2, 0.25) is 0 Å². The fourth-order valence-electron chi connectivity index (χ4n) is 1.59. The second kappa shape index (κ2) is 4.25. The first kappa shape index (κ1) is 11.1. The minimum atomic E-state index is -0.696. The summed E-state index contributed by atoms with van der Waals surface area (Å²) in [7, 11) is 0. The van der Waals surface area contributed by atoms with Crippen molar-refractivity contribution in [2.24, 2.45) is 0 Å². The van der Waals surface area contributed by atoms with E-state index in [1.54, 1.807) is 0 Å². The molecule has 0 bridgehead atoms. The summed E-state index contributed by atoms with van der Waals surface area (Å²) in [5.41, 5.74) is 0.925. The van der Waals surface area contributed by atoms with Crippen molar-refractivity contribution in [1.29, 1.82) is 0 Å². The van der Waals surface area contributed by atoms with E-state index in [9.17, 15) is 9.59 Å². The predicted molar refractivity (Wildman–Crippen MR) is 60.6 cm³/mol. The van der Waals surface area contributed by atoms with E-state index in [2.05, 4.69) is 21.2 Å². The first-order valence-electron chi connectivity index (χ1n) is 4.81. The predicted octanol–water partition coefficient (Wildman–Crippen LogP) is 1.55. The molecule has 1 N–H and O–H groups in total. The van der Waals surface area contributed by atoms with Gasteiger partial charge in [0.05, 0.1) is 0 Å². The molecule has 1 aliphatic heterocycles. The smallest absolute Gasteiger partial charge is 0.303 e. The Hall–Kier alpha value is -1.36. The van der Waals surface area contributed by atoms with Crippen LogP contribution >= 0.6 is 15.9 Å². The van der Waals surface area contributed by atoms with Crippen LogP contribution in [-0.4, -0.2) is 18.0 Å². The van der Waals surface area contributed by atoms with Crippen molar-refractivity contribution in [1.82, 2.24) is 5.32 Å². The van der Waals surface area contributed by atoms with Gasteiger partial charge in [-0.2, -0.15) is 0 Å². The molecule has 1 heterocycles. The second-order valence-electron chi connectivity index (χ2n) is 3.57. The molecule has 1 saturated heterocycles. The lowest BCUT2D eigenvalue weighted by molar-refractivity contribution is -0.164.